The summed E-state index contributed by atoms with van der Waals surface area (Å²) in [7, 11) is 0. The Labute approximate surface area is 81.1 Å². The molecule has 0 saturated carbocycles. The molecule has 0 amide bonds. The molecule has 4 heteroatoms. The Kier molecular flexibility index (Phi) is 3.59. The van der Waals surface area contributed by atoms with E-state index in [1.165, 1.54) is 18.2 Å². The number of hydrogen-bond donors (Lipinski definition) is 1. The van der Waals surface area contributed by atoms with Gasteiger partial charge in [-0.1, -0.05) is 0 Å². The van der Waals surface area contributed by atoms with Gasteiger partial charge in [0.2, 0.25) is 0 Å². The molecule has 0 bridgehead atoms. The normalized spacial score (nSPS) is 9.93. The third-order valence-corrected chi connectivity index (χ3v) is 1.72. The van der Waals surface area contributed by atoms with Crippen molar-refractivity contribution in [2.45, 2.75) is 6.92 Å². The first-order valence-corrected chi connectivity index (χ1v) is 4.19. The number of aryl methyl sites for hydroxylation is 1. The molecule has 0 spiro atoms. The molecule has 1 rings (SSSR count). The van der Waals surface area contributed by atoms with Gasteiger partial charge in [0.25, 0.3) is 0 Å². The lowest BCUT2D eigenvalue weighted by Crippen LogP contribution is -2.09. The monoisotopic (exact) mass is 198 g/mol. The third-order valence-electron chi connectivity index (χ3n) is 1.72. The molecule has 0 aliphatic rings. The number of benzene rings is 1. The van der Waals surface area contributed by atoms with Gasteiger partial charge in [-0.15, -0.1) is 0 Å². The molecule has 76 valence electrons. The molecule has 14 heavy (non-hydrogen) atoms. The summed E-state index contributed by atoms with van der Waals surface area (Å²) >= 11 is 0. The molecule has 1 aromatic rings. The van der Waals surface area contributed by atoms with Gasteiger partial charge in [0.05, 0.1) is 12.2 Å². The van der Waals surface area contributed by atoms with Gasteiger partial charge in [-0.25, -0.2) is 9.18 Å². The second-order valence-corrected chi connectivity index (χ2v) is 2.82. The smallest absolute Gasteiger partial charge is 0.338 e. The zero-order valence-corrected chi connectivity index (χ0v) is 7.79. The number of ether oxygens (including phenoxy) is 1. The standard InChI is InChI=1S/C10H11FO3/c1-7-6-8(2-3-9(7)11)10(13)14-5-4-12/h2-3,6,12H,4-5H2,1H3. The zero-order chi connectivity index (χ0) is 10.6. The highest BCUT2D eigenvalue weighted by molar-refractivity contribution is 5.89. The van der Waals surface area contributed by atoms with Gasteiger partial charge in [0.15, 0.2) is 0 Å². The van der Waals surface area contributed by atoms with E-state index in [1.54, 1.807) is 6.92 Å². The average Bonchev–Trinajstić information content (AvgIpc) is 2.18. The van der Waals surface area contributed by atoms with Gasteiger partial charge in [-0.05, 0) is 30.7 Å². The van der Waals surface area contributed by atoms with Crippen LogP contribution < -0.4 is 0 Å². The maximum absolute atomic E-state index is 12.8. The van der Waals surface area contributed by atoms with Crippen LogP contribution in [-0.2, 0) is 4.74 Å². The fourth-order valence-corrected chi connectivity index (χ4v) is 0.993. The van der Waals surface area contributed by atoms with Crippen molar-refractivity contribution < 1.29 is 19.0 Å². The highest BCUT2D eigenvalue weighted by atomic mass is 19.1. The minimum atomic E-state index is -0.554. The van der Waals surface area contributed by atoms with Crippen LogP contribution in [0.5, 0.6) is 0 Å². The van der Waals surface area contributed by atoms with Gasteiger partial charge in [0.1, 0.15) is 12.4 Å². The van der Waals surface area contributed by atoms with E-state index in [1.807, 2.05) is 0 Å². The zero-order valence-electron chi connectivity index (χ0n) is 7.79. The van der Waals surface area contributed by atoms with E-state index < -0.39 is 5.97 Å². The Morgan fingerprint density at radius 1 is 1.57 bits per heavy atom. The minimum Gasteiger partial charge on any atom is -0.460 e. The van der Waals surface area contributed by atoms with E-state index in [0.29, 0.717) is 5.56 Å². The van der Waals surface area contributed by atoms with Crippen molar-refractivity contribution in [3.63, 3.8) is 0 Å². The van der Waals surface area contributed by atoms with Gasteiger partial charge < -0.3 is 9.84 Å². The van der Waals surface area contributed by atoms with E-state index in [9.17, 15) is 9.18 Å². The number of rotatable bonds is 3. The fourth-order valence-electron chi connectivity index (χ4n) is 0.993. The Hall–Kier alpha value is -1.42. The highest BCUT2D eigenvalue weighted by Crippen LogP contribution is 2.10. The van der Waals surface area contributed by atoms with Crippen LogP contribution in [0.25, 0.3) is 0 Å². The first-order valence-electron chi connectivity index (χ1n) is 4.19. The van der Waals surface area contributed by atoms with Crippen LogP contribution in [0.2, 0.25) is 0 Å². The van der Waals surface area contributed by atoms with Crippen molar-refractivity contribution in [2.75, 3.05) is 13.2 Å². The van der Waals surface area contributed by atoms with Crippen LogP contribution in [0.15, 0.2) is 18.2 Å². The predicted octanol–water partition coefficient (Wildman–Crippen LogP) is 1.28. The van der Waals surface area contributed by atoms with E-state index in [2.05, 4.69) is 4.74 Å². The first-order chi connectivity index (χ1) is 6.65. The van der Waals surface area contributed by atoms with E-state index in [4.69, 9.17) is 5.11 Å². The molecule has 3 nitrogen and oxygen atoms in total. The number of carbonyl (C=O) groups excluding carboxylic acids is 1. The largest absolute Gasteiger partial charge is 0.460 e. The molecule has 0 unspecified atom stereocenters. The summed E-state index contributed by atoms with van der Waals surface area (Å²) < 4.78 is 17.5. The Morgan fingerprint density at radius 3 is 2.86 bits per heavy atom. The summed E-state index contributed by atoms with van der Waals surface area (Å²) in [6.45, 7) is 1.30. The molecule has 0 heterocycles. The van der Waals surface area contributed by atoms with Crippen LogP contribution in [0, 0.1) is 12.7 Å². The SMILES string of the molecule is Cc1cc(C(=O)OCCO)ccc1F. The molecule has 0 aliphatic heterocycles. The maximum atomic E-state index is 12.8. The van der Waals surface area contributed by atoms with Crippen molar-refractivity contribution in [3.8, 4) is 0 Å². The molecule has 0 fully saturated rings. The molecule has 0 aromatic heterocycles. The summed E-state index contributed by atoms with van der Waals surface area (Å²) in [4.78, 5) is 11.2. The number of aliphatic hydroxyl groups excluding tert-OH is 1. The number of esters is 1. The second kappa shape index (κ2) is 4.72. The second-order valence-electron chi connectivity index (χ2n) is 2.82. The van der Waals surface area contributed by atoms with Crippen molar-refractivity contribution >= 4 is 5.97 Å². The first kappa shape index (κ1) is 10.7. The molecule has 0 radical (unpaired) electrons. The lowest BCUT2D eigenvalue weighted by molar-refractivity contribution is 0.0433. The van der Waals surface area contributed by atoms with E-state index in [0.717, 1.165) is 0 Å². The molecular weight excluding hydrogens is 187 g/mol. The number of aliphatic hydroxyl groups is 1. The fraction of sp³-hybridized carbons (Fsp3) is 0.300. The van der Waals surface area contributed by atoms with Gasteiger partial charge in [-0.3, -0.25) is 0 Å². The van der Waals surface area contributed by atoms with Crippen LogP contribution in [0.1, 0.15) is 15.9 Å². The quantitative estimate of drug-likeness (QED) is 0.744. The molecule has 0 atom stereocenters. The maximum Gasteiger partial charge on any atom is 0.338 e. The van der Waals surface area contributed by atoms with Crippen LogP contribution >= 0.6 is 0 Å². The third kappa shape index (κ3) is 2.53. The van der Waals surface area contributed by atoms with Crippen molar-refractivity contribution in [1.82, 2.24) is 0 Å². The van der Waals surface area contributed by atoms with Gasteiger partial charge in [0, 0.05) is 0 Å². The number of hydrogen-bond acceptors (Lipinski definition) is 3. The summed E-state index contributed by atoms with van der Waals surface area (Å²) in [5, 5.41) is 8.42. The van der Waals surface area contributed by atoms with Crippen molar-refractivity contribution in [2.24, 2.45) is 0 Å². The number of halogens is 1. The Bertz CT molecular complexity index is 336. The molecule has 0 saturated heterocycles. The summed E-state index contributed by atoms with van der Waals surface area (Å²) in [6.07, 6.45) is 0. The summed E-state index contributed by atoms with van der Waals surface area (Å²) in [5.41, 5.74) is 0.681. The summed E-state index contributed by atoms with van der Waals surface area (Å²) in [5.74, 6) is -0.911. The van der Waals surface area contributed by atoms with Crippen LogP contribution in [0.3, 0.4) is 0 Å². The van der Waals surface area contributed by atoms with Crippen LogP contribution in [0.4, 0.5) is 4.39 Å². The van der Waals surface area contributed by atoms with Crippen molar-refractivity contribution in [3.05, 3.63) is 35.1 Å². The Balaban J connectivity index is 2.76. The predicted molar refractivity (Wildman–Crippen MR) is 48.5 cm³/mol. The van der Waals surface area contributed by atoms with Crippen molar-refractivity contribution in [1.29, 1.82) is 0 Å². The summed E-state index contributed by atoms with van der Waals surface area (Å²) in [6, 6.07) is 3.97. The lowest BCUT2D eigenvalue weighted by atomic mass is 10.1. The average molecular weight is 198 g/mol. The van der Waals surface area contributed by atoms with Gasteiger partial charge >= 0.3 is 5.97 Å². The lowest BCUT2D eigenvalue weighted by Gasteiger charge is -2.03. The van der Waals surface area contributed by atoms with Crippen LogP contribution in [-0.4, -0.2) is 24.3 Å². The molecule has 1 aromatic carbocycles. The van der Waals surface area contributed by atoms with E-state index in [-0.39, 0.29) is 24.6 Å². The topological polar surface area (TPSA) is 46.5 Å². The molecular formula is C10H11FO3. The van der Waals surface area contributed by atoms with E-state index >= 15 is 0 Å². The highest BCUT2D eigenvalue weighted by Gasteiger charge is 2.08. The number of carbonyl (C=O) groups is 1. The van der Waals surface area contributed by atoms with Gasteiger partial charge in [-0.2, -0.15) is 0 Å². The molecule has 0 aliphatic carbocycles. The minimum absolute atomic E-state index is 0.0464. The Morgan fingerprint density at radius 2 is 2.29 bits per heavy atom. The molecule has 1 N–H and O–H groups in total.